The van der Waals surface area contributed by atoms with Gasteiger partial charge in [-0.25, -0.2) is 4.68 Å². The first-order valence-electron chi connectivity index (χ1n) is 4.16. The van der Waals surface area contributed by atoms with E-state index in [4.69, 9.17) is 5.41 Å². The second-order valence-electron chi connectivity index (χ2n) is 2.87. The lowest BCUT2D eigenvalue weighted by atomic mass is 10.1. The van der Waals surface area contributed by atoms with Crippen LogP contribution in [-0.4, -0.2) is 25.9 Å². The Morgan fingerprint density at radius 3 is 2.57 bits per heavy atom. The molecule has 14 heavy (non-hydrogen) atoms. The number of aryl methyl sites for hydroxylation is 1. The van der Waals surface area contributed by atoms with E-state index in [2.05, 4.69) is 15.5 Å². The van der Waals surface area contributed by atoms with Crippen LogP contribution in [0.3, 0.4) is 0 Å². The maximum absolute atomic E-state index is 7.86. The van der Waals surface area contributed by atoms with Crippen molar-refractivity contribution in [1.82, 2.24) is 20.2 Å². The topological polar surface area (TPSA) is 67.5 Å². The van der Waals surface area contributed by atoms with Gasteiger partial charge in [-0.2, -0.15) is 0 Å². The van der Waals surface area contributed by atoms with Crippen LogP contribution < -0.4 is 0 Å². The normalized spacial score (nSPS) is 10.1. The lowest BCUT2D eigenvalue weighted by Crippen LogP contribution is -2.09. The molecule has 0 spiro atoms. The third-order valence-corrected chi connectivity index (χ3v) is 1.91. The van der Waals surface area contributed by atoms with Gasteiger partial charge in [0.25, 0.3) is 0 Å². The monoisotopic (exact) mass is 187 g/mol. The molecule has 0 saturated heterocycles. The largest absolute Gasteiger partial charge is 0.296 e. The molecule has 0 atom stereocenters. The highest BCUT2D eigenvalue weighted by molar-refractivity contribution is 6.08. The van der Waals surface area contributed by atoms with Gasteiger partial charge in [0.05, 0.1) is 0 Å². The molecule has 2 aromatic rings. The standard InChI is InChI=1S/C9H9N5/c1-14-9(11-12-13-14)8(10)7-5-3-2-4-6-7/h2-6,10H,1H3. The summed E-state index contributed by atoms with van der Waals surface area (Å²) >= 11 is 0. The summed E-state index contributed by atoms with van der Waals surface area (Å²) in [5, 5.41) is 18.8. The maximum Gasteiger partial charge on any atom is 0.200 e. The van der Waals surface area contributed by atoms with Crippen molar-refractivity contribution in [3.8, 4) is 0 Å². The summed E-state index contributed by atoms with van der Waals surface area (Å²) in [6.45, 7) is 0. The first-order valence-corrected chi connectivity index (χ1v) is 4.16. The molecule has 1 aromatic heterocycles. The first-order chi connectivity index (χ1) is 6.79. The fraction of sp³-hybridized carbons (Fsp3) is 0.111. The fourth-order valence-corrected chi connectivity index (χ4v) is 1.18. The molecule has 5 heteroatoms. The molecule has 0 aliphatic carbocycles. The molecule has 1 heterocycles. The molecule has 0 radical (unpaired) electrons. The Balaban J connectivity index is 2.39. The first kappa shape index (κ1) is 8.55. The summed E-state index contributed by atoms with van der Waals surface area (Å²) in [7, 11) is 1.72. The number of nitrogens with one attached hydrogen (secondary N) is 1. The molecule has 0 saturated carbocycles. The zero-order chi connectivity index (χ0) is 9.97. The van der Waals surface area contributed by atoms with E-state index in [1.807, 2.05) is 30.3 Å². The molecule has 0 aliphatic heterocycles. The third-order valence-electron chi connectivity index (χ3n) is 1.91. The van der Waals surface area contributed by atoms with E-state index in [1.54, 1.807) is 7.05 Å². The zero-order valence-electron chi connectivity index (χ0n) is 7.68. The van der Waals surface area contributed by atoms with Crippen molar-refractivity contribution < 1.29 is 0 Å². The van der Waals surface area contributed by atoms with Crippen LogP contribution >= 0.6 is 0 Å². The van der Waals surface area contributed by atoms with Crippen molar-refractivity contribution in [3.63, 3.8) is 0 Å². The lowest BCUT2D eigenvalue weighted by molar-refractivity contribution is 0.706. The van der Waals surface area contributed by atoms with Gasteiger partial charge < -0.3 is 0 Å². The van der Waals surface area contributed by atoms with Gasteiger partial charge in [0, 0.05) is 12.6 Å². The minimum Gasteiger partial charge on any atom is -0.296 e. The van der Waals surface area contributed by atoms with Gasteiger partial charge in [-0.3, -0.25) is 5.41 Å². The van der Waals surface area contributed by atoms with Crippen molar-refractivity contribution in [2.24, 2.45) is 7.05 Å². The van der Waals surface area contributed by atoms with Crippen molar-refractivity contribution in [2.75, 3.05) is 0 Å². The minimum absolute atomic E-state index is 0.332. The molecule has 0 bridgehead atoms. The average molecular weight is 187 g/mol. The summed E-state index contributed by atoms with van der Waals surface area (Å²) in [6, 6.07) is 9.39. The van der Waals surface area contributed by atoms with Crippen LogP contribution in [0.1, 0.15) is 11.4 Å². The molecule has 0 unspecified atom stereocenters. The van der Waals surface area contributed by atoms with Crippen LogP contribution in [0.2, 0.25) is 0 Å². The highest BCUT2D eigenvalue weighted by atomic mass is 15.5. The van der Waals surface area contributed by atoms with Gasteiger partial charge >= 0.3 is 0 Å². The summed E-state index contributed by atoms with van der Waals surface area (Å²) in [5.41, 5.74) is 1.14. The molecule has 0 amide bonds. The van der Waals surface area contributed by atoms with Gasteiger partial charge in [-0.1, -0.05) is 30.3 Å². The van der Waals surface area contributed by atoms with E-state index >= 15 is 0 Å². The Labute approximate surface area is 80.9 Å². The van der Waals surface area contributed by atoms with Gasteiger partial charge in [0.1, 0.15) is 5.71 Å². The number of tetrazole rings is 1. The van der Waals surface area contributed by atoms with Crippen LogP contribution in [-0.2, 0) is 7.05 Å². The van der Waals surface area contributed by atoms with Crippen LogP contribution in [0, 0.1) is 5.41 Å². The molecule has 70 valence electrons. The predicted octanol–water partition coefficient (Wildman–Crippen LogP) is 0.626. The highest BCUT2D eigenvalue weighted by Crippen LogP contribution is 2.04. The molecule has 2 rings (SSSR count). The third kappa shape index (κ3) is 1.39. The molecule has 0 fully saturated rings. The van der Waals surface area contributed by atoms with Gasteiger partial charge in [-0.05, 0) is 10.4 Å². The summed E-state index contributed by atoms with van der Waals surface area (Å²) in [5.74, 6) is 0.469. The van der Waals surface area contributed by atoms with E-state index in [9.17, 15) is 0 Å². The summed E-state index contributed by atoms with van der Waals surface area (Å²) in [6.07, 6.45) is 0. The van der Waals surface area contributed by atoms with Crippen molar-refractivity contribution in [1.29, 1.82) is 5.41 Å². The smallest absolute Gasteiger partial charge is 0.200 e. The second kappa shape index (κ2) is 3.37. The fourth-order valence-electron chi connectivity index (χ4n) is 1.18. The Hall–Kier alpha value is -2.04. The van der Waals surface area contributed by atoms with Crippen LogP contribution in [0.25, 0.3) is 0 Å². The van der Waals surface area contributed by atoms with Crippen LogP contribution in [0.4, 0.5) is 0 Å². The van der Waals surface area contributed by atoms with Gasteiger partial charge in [0.2, 0.25) is 0 Å². The lowest BCUT2D eigenvalue weighted by Gasteiger charge is -2.00. The Morgan fingerprint density at radius 1 is 1.29 bits per heavy atom. The van der Waals surface area contributed by atoms with E-state index in [0.29, 0.717) is 11.5 Å². The van der Waals surface area contributed by atoms with Crippen molar-refractivity contribution in [2.45, 2.75) is 0 Å². The maximum atomic E-state index is 7.86. The second-order valence-corrected chi connectivity index (χ2v) is 2.87. The predicted molar refractivity (Wildman–Crippen MR) is 51.2 cm³/mol. The zero-order valence-corrected chi connectivity index (χ0v) is 7.68. The van der Waals surface area contributed by atoms with E-state index in [1.165, 1.54) is 4.68 Å². The average Bonchev–Trinajstić information content (AvgIpc) is 2.65. The van der Waals surface area contributed by atoms with Gasteiger partial charge in [-0.15, -0.1) is 5.10 Å². The molecule has 1 aromatic carbocycles. The number of hydrogen-bond donors (Lipinski definition) is 1. The van der Waals surface area contributed by atoms with Crippen molar-refractivity contribution in [3.05, 3.63) is 41.7 Å². The summed E-state index contributed by atoms with van der Waals surface area (Å²) < 4.78 is 1.48. The van der Waals surface area contributed by atoms with Gasteiger partial charge in [0.15, 0.2) is 5.82 Å². The number of nitrogens with zero attached hydrogens (tertiary/aromatic N) is 4. The highest BCUT2D eigenvalue weighted by Gasteiger charge is 2.10. The Morgan fingerprint density at radius 2 is 2.00 bits per heavy atom. The number of rotatable bonds is 2. The van der Waals surface area contributed by atoms with E-state index in [-0.39, 0.29) is 0 Å². The van der Waals surface area contributed by atoms with Crippen LogP contribution in [0.5, 0.6) is 0 Å². The van der Waals surface area contributed by atoms with Crippen molar-refractivity contribution >= 4 is 5.71 Å². The number of hydrogen-bond acceptors (Lipinski definition) is 4. The molecular weight excluding hydrogens is 178 g/mol. The van der Waals surface area contributed by atoms with E-state index in [0.717, 1.165) is 5.56 Å². The molecule has 1 N–H and O–H groups in total. The summed E-state index contributed by atoms with van der Waals surface area (Å²) in [4.78, 5) is 0. The minimum atomic E-state index is 0.332. The van der Waals surface area contributed by atoms with Crippen LogP contribution in [0.15, 0.2) is 30.3 Å². The number of benzene rings is 1. The Bertz CT molecular complexity index is 445. The SMILES string of the molecule is Cn1nnnc1C(=N)c1ccccc1. The van der Waals surface area contributed by atoms with E-state index < -0.39 is 0 Å². The molecule has 0 aliphatic rings. The molecular formula is C9H9N5. The quantitative estimate of drug-likeness (QED) is 0.701. The Kier molecular flexibility index (Phi) is 2.06. The number of aromatic nitrogens is 4. The molecule has 5 nitrogen and oxygen atoms in total.